The molecule has 0 radical (unpaired) electrons. The minimum atomic E-state index is 0.399. The zero-order chi connectivity index (χ0) is 11.1. The van der Waals surface area contributed by atoms with Gasteiger partial charge in [0, 0.05) is 22.1 Å². The maximum atomic E-state index is 12.1. The SMILES string of the molecule is CCc1ccc(CC(=O)C2CC3CC3C2)s1. The van der Waals surface area contributed by atoms with Gasteiger partial charge in [-0.2, -0.15) is 0 Å². The molecule has 2 aliphatic carbocycles. The molecule has 2 fully saturated rings. The summed E-state index contributed by atoms with van der Waals surface area (Å²) in [6.07, 6.45) is 5.56. The molecular formula is C14H18OS. The van der Waals surface area contributed by atoms with Crippen LogP contribution in [0.5, 0.6) is 0 Å². The number of hydrogen-bond acceptors (Lipinski definition) is 2. The summed E-state index contributed by atoms with van der Waals surface area (Å²) in [6, 6.07) is 4.30. The summed E-state index contributed by atoms with van der Waals surface area (Å²) in [4.78, 5) is 14.8. The van der Waals surface area contributed by atoms with Crippen LogP contribution in [0.3, 0.4) is 0 Å². The van der Waals surface area contributed by atoms with Crippen LogP contribution in [0.2, 0.25) is 0 Å². The summed E-state index contributed by atoms with van der Waals surface area (Å²) in [5.74, 6) is 2.74. The minimum absolute atomic E-state index is 0.399. The molecule has 1 aromatic heterocycles. The van der Waals surface area contributed by atoms with Gasteiger partial charge in [-0.15, -0.1) is 11.3 Å². The van der Waals surface area contributed by atoms with Gasteiger partial charge in [0.2, 0.25) is 0 Å². The highest BCUT2D eigenvalue weighted by Gasteiger charge is 2.47. The third-order valence-corrected chi connectivity index (χ3v) is 5.34. The fourth-order valence-corrected chi connectivity index (χ4v) is 3.97. The lowest BCUT2D eigenvalue weighted by molar-refractivity contribution is -0.122. The van der Waals surface area contributed by atoms with E-state index in [-0.39, 0.29) is 0 Å². The Morgan fingerprint density at radius 3 is 2.56 bits per heavy atom. The first kappa shape index (κ1) is 10.5. The molecule has 0 amide bonds. The van der Waals surface area contributed by atoms with Gasteiger partial charge in [0.25, 0.3) is 0 Å². The van der Waals surface area contributed by atoms with Gasteiger partial charge in [-0.25, -0.2) is 0 Å². The summed E-state index contributed by atoms with van der Waals surface area (Å²) in [7, 11) is 0. The Balaban J connectivity index is 1.59. The molecule has 0 aliphatic heterocycles. The van der Waals surface area contributed by atoms with Crippen LogP contribution < -0.4 is 0 Å². The van der Waals surface area contributed by atoms with Crippen molar-refractivity contribution in [2.24, 2.45) is 17.8 Å². The summed E-state index contributed by atoms with van der Waals surface area (Å²) < 4.78 is 0. The number of ketones is 1. The van der Waals surface area contributed by atoms with Crippen LogP contribution in [0.25, 0.3) is 0 Å². The van der Waals surface area contributed by atoms with Crippen molar-refractivity contribution < 1.29 is 4.79 Å². The van der Waals surface area contributed by atoms with Gasteiger partial charge in [0.1, 0.15) is 5.78 Å². The van der Waals surface area contributed by atoms with Gasteiger partial charge in [-0.1, -0.05) is 6.92 Å². The highest BCUT2D eigenvalue weighted by Crippen LogP contribution is 2.54. The number of carbonyl (C=O) groups excluding carboxylic acids is 1. The number of carbonyl (C=O) groups is 1. The Morgan fingerprint density at radius 1 is 1.25 bits per heavy atom. The third-order valence-electron chi connectivity index (χ3n) is 4.11. The smallest absolute Gasteiger partial charge is 0.141 e. The van der Waals surface area contributed by atoms with Gasteiger partial charge in [-0.3, -0.25) is 4.79 Å². The average Bonchev–Trinajstić information content (AvgIpc) is 2.74. The third kappa shape index (κ3) is 1.95. The molecule has 2 atom stereocenters. The van der Waals surface area contributed by atoms with E-state index >= 15 is 0 Å². The Hall–Kier alpha value is -0.630. The predicted molar refractivity (Wildman–Crippen MR) is 66.7 cm³/mol. The first-order chi connectivity index (χ1) is 7.76. The fraction of sp³-hybridized carbons (Fsp3) is 0.643. The second-order valence-electron chi connectivity index (χ2n) is 5.29. The van der Waals surface area contributed by atoms with Crippen LogP contribution >= 0.6 is 11.3 Å². The molecule has 2 heteroatoms. The monoisotopic (exact) mass is 234 g/mol. The molecule has 2 aliphatic rings. The van der Waals surface area contributed by atoms with E-state index in [9.17, 15) is 4.79 Å². The second-order valence-corrected chi connectivity index (χ2v) is 6.54. The number of Topliss-reactive ketones (excluding diaryl/α,β-unsaturated/α-hetero) is 1. The van der Waals surface area contributed by atoms with Crippen molar-refractivity contribution in [1.29, 1.82) is 0 Å². The van der Waals surface area contributed by atoms with Crippen molar-refractivity contribution in [2.45, 2.75) is 39.0 Å². The fourth-order valence-electron chi connectivity index (χ4n) is 3.00. The van der Waals surface area contributed by atoms with Crippen LogP contribution in [0, 0.1) is 17.8 Å². The van der Waals surface area contributed by atoms with Crippen molar-refractivity contribution in [3.8, 4) is 0 Å². The molecule has 0 saturated heterocycles. The molecule has 1 nitrogen and oxygen atoms in total. The Labute approximate surface area is 101 Å². The van der Waals surface area contributed by atoms with E-state index in [0.29, 0.717) is 18.1 Å². The molecule has 0 N–H and O–H groups in total. The average molecular weight is 234 g/mol. The van der Waals surface area contributed by atoms with Crippen LogP contribution in [-0.2, 0) is 17.6 Å². The molecule has 0 aromatic carbocycles. The maximum absolute atomic E-state index is 12.1. The first-order valence-corrected chi connectivity index (χ1v) is 7.18. The normalized spacial score (nSPS) is 31.4. The van der Waals surface area contributed by atoms with Crippen molar-refractivity contribution in [2.75, 3.05) is 0 Å². The molecule has 3 rings (SSSR count). The predicted octanol–water partition coefficient (Wildman–Crippen LogP) is 3.47. The zero-order valence-corrected chi connectivity index (χ0v) is 10.6. The van der Waals surface area contributed by atoms with Crippen molar-refractivity contribution in [3.63, 3.8) is 0 Å². The Morgan fingerprint density at radius 2 is 1.94 bits per heavy atom. The maximum Gasteiger partial charge on any atom is 0.141 e. The van der Waals surface area contributed by atoms with Gasteiger partial charge < -0.3 is 0 Å². The molecule has 0 bridgehead atoms. The van der Waals surface area contributed by atoms with E-state index in [0.717, 1.165) is 18.3 Å². The van der Waals surface area contributed by atoms with E-state index in [1.165, 1.54) is 29.0 Å². The van der Waals surface area contributed by atoms with E-state index < -0.39 is 0 Å². The number of aryl methyl sites for hydroxylation is 1. The summed E-state index contributed by atoms with van der Waals surface area (Å²) in [6.45, 7) is 2.17. The van der Waals surface area contributed by atoms with E-state index in [4.69, 9.17) is 0 Å². The first-order valence-electron chi connectivity index (χ1n) is 6.36. The van der Waals surface area contributed by atoms with Gasteiger partial charge >= 0.3 is 0 Å². The van der Waals surface area contributed by atoms with Gasteiger partial charge in [0.05, 0.1) is 0 Å². The topological polar surface area (TPSA) is 17.1 Å². The molecule has 1 aromatic rings. The molecule has 2 unspecified atom stereocenters. The Bertz CT molecular complexity index is 397. The molecule has 16 heavy (non-hydrogen) atoms. The molecule has 2 saturated carbocycles. The standard InChI is InChI=1S/C14H18OS/c1-2-12-3-4-13(16-12)8-14(15)11-6-9-5-10(9)7-11/h3-4,9-11H,2,5-8H2,1H3. The highest BCUT2D eigenvalue weighted by atomic mass is 32.1. The van der Waals surface area contributed by atoms with Crippen molar-refractivity contribution in [3.05, 3.63) is 21.9 Å². The van der Waals surface area contributed by atoms with Crippen molar-refractivity contribution >= 4 is 17.1 Å². The lowest BCUT2D eigenvalue weighted by Gasteiger charge is -2.08. The quantitative estimate of drug-likeness (QED) is 0.779. The summed E-state index contributed by atoms with van der Waals surface area (Å²) in [5, 5.41) is 0. The lowest BCUT2D eigenvalue weighted by Crippen LogP contribution is -2.14. The second kappa shape index (κ2) is 3.99. The van der Waals surface area contributed by atoms with E-state index in [1.807, 2.05) is 11.3 Å². The highest BCUT2D eigenvalue weighted by molar-refractivity contribution is 7.12. The van der Waals surface area contributed by atoms with Crippen LogP contribution in [-0.4, -0.2) is 5.78 Å². The number of hydrogen-bond donors (Lipinski definition) is 0. The van der Waals surface area contributed by atoms with Crippen molar-refractivity contribution in [1.82, 2.24) is 0 Å². The number of fused-ring (bicyclic) bond motifs is 1. The van der Waals surface area contributed by atoms with Crippen LogP contribution in [0.1, 0.15) is 35.9 Å². The molecular weight excluding hydrogens is 216 g/mol. The lowest BCUT2D eigenvalue weighted by atomic mass is 9.96. The van der Waals surface area contributed by atoms with E-state index in [1.54, 1.807) is 0 Å². The van der Waals surface area contributed by atoms with Crippen LogP contribution in [0.15, 0.2) is 12.1 Å². The molecule has 86 valence electrons. The Kier molecular flexibility index (Phi) is 2.62. The molecule has 1 heterocycles. The van der Waals surface area contributed by atoms with Gasteiger partial charge in [0.15, 0.2) is 0 Å². The summed E-state index contributed by atoms with van der Waals surface area (Å²) >= 11 is 1.81. The number of rotatable bonds is 4. The zero-order valence-electron chi connectivity index (χ0n) is 9.74. The van der Waals surface area contributed by atoms with Gasteiger partial charge in [-0.05, 0) is 49.7 Å². The van der Waals surface area contributed by atoms with E-state index in [2.05, 4.69) is 19.1 Å². The number of thiophene rings is 1. The minimum Gasteiger partial charge on any atom is -0.299 e. The summed E-state index contributed by atoms with van der Waals surface area (Å²) in [5.41, 5.74) is 0. The van der Waals surface area contributed by atoms with Crippen LogP contribution in [0.4, 0.5) is 0 Å². The largest absolute Gasteiger partial charge is 0.299 e. The molecule has 0 spiro atoms.